The van der Waals surface area contributed by atoms with E-state index in [4.69, 9.17) is 11.6 Å². The van der Waals surface area contributed by atoms with Gasteiger partial charge in [0.05, 0.1) is 5.39 Å². The van der Waals surface area contributed by atoms with Crippen molar-refractivity contribution in [3.05, 3.63) is 15.6 Å². The molecule has 0 amide bonds. The molecule has 0 bridgehead atoms. The first-order chi connectivity index (χ1) is 8.81. The van der Waals surface area contributed by atoms with Gasteiger partial charge in [0.1, 0.15) is 9.98 Å². The predicted octanol–water partition coefficient (Wildman–Crippen LogP) is 3.80. The van der Waals surface area contributed by atoms with Crippen LogP contribution in [0.1, 0.15) is 36.1 Å². The summed E-state index contributed by atoms with van der Waals surface area (Å²) in [5.41, 5.74) is 1.41. The predicted molar refractivity (Wildman–Crippen MR) is 75.7 cm³/mol. The number of hydrogen-bond acceptors (Lipinski definition) is 4. The Kier molecular flexibility index (Phi) is 2.49. The van der Waals surface area contributed by atoms with Crippen molar-refractivity contribution in [2.75, 3.05) is 5.32 Å². The highest BCUT2D eigenvalue weighted by Crippen LogP contribution is 2.39. The standard InChI is InChI=1S/C13H14ClN3S/c14-11-10-8-3-1-2-4-9(8)18-12(10)17-13(16-11)15-7-5-6-7/h7H,1-6H2,(H,15,16,17). The highest BCUT2D eigenvalue weighted by molar-refractivity contribution is 7.19. The molecule has 0 unspecified atom stereocenters. The lowest BCUT2D eigenvalue weighted by Gasteiger charge is -2.10. The SMILES string of the molecule is Clc1nc(NC2CC2)nc2sc3c(c12)CCCC3. The van der Waals surface area contributed by atoms with Crippen molar-refractivity contribution < 1.29 is 0 Å². The third-order valence-corrected chi connectivity index (χ3v) is 5.14. The molecule has 2 heterocycles. The van der Waals surface area contributed by atoms with Crippen molar-refractivity contribution in [2.24, 2.45) is 0 Å². The van der Waals surface area contributed by atoms with E-state index < -0.39 is 0 Å². The fraction of sp³-hybridized carbons (Fsp3) is 0.538. The topological polar surface area (TPSA) is 37.8 Å². The summed E-state index contributed by atoms with van der Waals surface area (Å²) >= 11 is 8.16. The molecule has 0 aliphatic heterocycles. The molecule has 2 aliphatic carbocycles. The summed E-state index contributed by atoms with van der Waals surface area (Å²) in [7, 11) is 0. The summed E-state index contributed by atoms with van der Waals surface area (Å²) < 4.78 is 0. The first kappa shape index (κ1) is 11.0. The van der Waals surface area contributed by atoms with Gasteiger partial charge in [-0.1, -0.05) is 11.6 Å². The van der Waals surface area contributed by atoms with Gasteiger partial charge >= 0.3 is 0 Å². The average molecular weight is 280 g/mol. The molecule has 0 aromatic carbocycles. The Morgan fingerprint density at radius 1 is 1.17 bits per heavy atom. The van der Waals surface area contributed by atoms with E-state index >= 15 is 0 Å². The molecular weight excluding hydrogens is 266 g/mol. The zero-order valence-corrected chi connectivity index (χ0v) is 11.6. The van der Waals surface area contributed by atoms with Crippen LogP contribution in [0.25, 0.3) is 10.2 Å². The molecular formula is C13H14ClN3S. The van der Waals surface area contributed by atoms with Gasteiger partial charge in [-0.2, -0.15) is 0 Å². The van der Waals surface area contributed by atoms with E-state index in [-0.39, 0.29) is 0 Å². The number of hydrogen-bond donors (Lipinski definition) is 1. The Morgan fingerprint density at radius 3 is 2.83 bits per heavy atom. The van der Waals surface area contributed by atoms with Crippen LogP contribution < -0.4 is 5.32 Å². The lowest BCUT2D eigenvalue weighted by Crippen LogP contribution is -2.05. The van der Waals surface area contributed by atoms with E-state index in [0.29, 0.717) is 17.1 Å². The van der Waals surface area contributed by atoms with Crippen molar-refractivity contribution in [1.29, 1.82) is 0 Å². The quantitative estimate of drug-likeness (QED) is 0.850. The first-order valence-electron chi connectivity index (χ1n) is 6.55. The van der Waals surface area contributed by atoms with Gasteiger partial charge in [-0.15, -0.1) is 11.3 Å². The molecule has 18 heavy (non-hydrogen) atoms. The van der Waals surface area contributed by atoms with Gasteiger partial charge in [0.25, 0.3) is 0 Å². The summed E-state index contributed by atoms with van der Waals surface area (Å²) in [5, 5.41) is 5.07. The highest BCUT2D eigenvalue weighted by Gasteiger charge is 2.24. The Hall–Kier alpha value is -0.870. The maximum absolute atomic E-state index is 6.36. The van der Waals surface area contributed by atoms with Crippen molar-refractivity contribution in [1.82, 2.24) is 9.97 Å². The minimum atomic E-state index is 0.563. The summed E-state index contributed by atoms with van der Waals surface area (Å²) in [6, 6.07) is 0.563. The molecule has 1 fully saturated rings. The van der Waals surface area contributed by atoms with Crippen LogP contribution in [0.15, 0.2) is 0 Å². The van der Waals surface area contributed by atoms with Crippen molar-refractivity contribution >= 4 is 39.1 Å². The van der Waals surface area contributed by atoms with Gasteiger partial charge in [0.2, 0.25) is 5.95 Å². The monoisotopic (exact) mass is 279 g/mol. The molecule has 5 heteroatoms. The third-order valence-electron chi connectivity index (χ3n) is 3.68. The maximum atomic E-state index is 6.36. The normalized spacial score (nSPS) is 18.9. The van der Waals surface area contributed by atoms with Gasteiger partial charge in [-0.25, -0.2) is 9.97 Å². The smallest absolute Gasteiger partial charge is 0.225 e. The van der Waals surface area contributed by atoms with E-state index in [2.05, 4.69) is 15.3 Å². The number of aryl methyl sites for hydroxylation is 2. The highest BCUT2D eigenvalue weighted by atomic mass is 35.5. The summed E-state index contributed by atoms with van der Waals surface area (Å²) in [4.78, 5) is 11.6. The van der Waals surface area contributed by atoms with Gasteiger partial charge in [0.15, 0.2) is 0 Å². The van der Waals surface area contributed by atoms with Crippen LogP contribution in [0, 0.1) is 0 Å². The van der Waals surface area contributed by atoms with Gasteiger partial charge in [-0.05, 0) is 44.1 Å². The van der Waals surface area contributed by atoms with Crippen LogP contribution in [0.5, 0.6) is 0 Å². The molecule has 1 saturated carbocycles. The first-order valence-corrected chi connectivity index (χ1v) is 7.75. The molecule has 0 spiro atoms. The van der Waals surface area contributed by atoms with Crippen LogP contribution in [0.3, 0.4) is 0 Å². The molecule has 4 rings (SSSR count). The fourth-order valence-corrected chi connectivity index (χ4v) is 4.19. The Balaban J connectivity index is 1.85. The second kappa shape index (κ2) is 4.07. The molecule has 3 nitrogen and oxygen atoms in total. The average Bonchev–Trinajstić information content (AvgIpc) is 3.07. The van der Waals surface area contributed by atoms with E-state index in [1.54, 1.807) is 11.3 Å². The summed E-state index contributed by atoms with van der Waals surface area (Å²) in [5.74, 6) is 0.702. The number of fused-ring (bicyclic) bond motifs is 3. The number of nitrogens with one attached hydrogen (secondary N) is 1. The zero-order chi connectivity index (χ0) is 12.1. The van der Waals surface area contributed by atoms with Crippen LogP contribution in [0.2, 0.25) is 5.15 Å². The minimum absolute atomic E-state index is 0.563. The number of halogens is 1. The Labute approximate surface area is 115 Å². The zero-order valence-electron chi connectivity index (χ0n) is 10.0. The van der Waals surface area contributed by atoms with Crippen LogP contribution in [-0.2, 0) is 12.8 Å². The van der Waals surface area contributed by atoms with Gasteiger partial charge in [0, 0.05) is 10.9 Å². The fourth-order valence-electron chi connectivity index (χ4n) is 2.59. The number of nitrogens with zero attached hydrogens (tertiary/aromatic N) is 2. The third kappa shape index (κ3) is 1.79. The molecule has 0 radical (unpaired) electrons. The van der Waals surface area contributed by atoms with Gasteiger partial charge in [-0.3, -0.25) is 0 Å². The molecule has 2 aromatic rings. The molecule has 94 valence electrons. The second-order valence-electron chi connectivity index (χ2n) is 5.15. The number of aromatic nitrogens is 2. The lowest BCUT2D eigenvalue weighted by atomic mass is 9.97. The molecule has 2 aliphatic rings. The van der Waals surface area contributed by atoms with Crippen LogP contribution >= 0.6 is 22.9 Å². The van der Waals surface area contributed by atoms with Crippen molar-refractivity contribution in [3.63, 3.8) is 0 Å². The molecule has 0 atom stereocenters. The van der Waals surface area contributed by atoms with E-state index in [0.717, 1.165) is 16.6 Å². The lowest BCUT2D eigenvalue weighted by molar-refractivity contribution is 0.700. The number of rotatable bonds is 2. The summed E-state index contributed by atoms with van der Waals surface area (Å²) in [6.07, 6.45) is 7.31. The largest absolute Gasteiger partial charge is 0.351 e. The molecule has 1 N–H and O–H groups in total. The summed E-state index contributed by atoms with van der Waals surface area (Å²) in [6.45, 7) is 0. The van der Waals surface area contributed by atoms with Gasteiger partial charge < -0.3 is 5.32 Å². The number of thiophene rings is 1. The van der Waals surface area contributed by atoms with E-state index in [9.17, 15) is 0 Å². The van der Waals surface area contributed by atoms with E-state index in [1.165, 1.54) is 42.5 Å². The van der Waals surface area contributed by atoms with E-state index in [1.807, 2.05) is 0 Å². The molecule has 0 saturated heterocycles. The maximum Gasteiger partial charge on any atom is 0.225 e. The molecule has 2 aromatic heterocycles. The van der Waals surface area contributed by atoms with Crippen LogP contribution in [-0.4, -0.2) is 16.0 Å². The van der Waals surface area contributed by atoms with Crippen molar-refractivity contribution in [3.8, 4) is 0 Å². The Bertz CT molecular complexity index is 618. The minimum Gasteiger partial charge on any atom is -0.351 e. The van der Waals surface area contributed by atoms with Crippen molar-refractivity contribution in [2.45, 2.75) is 44.6 Å². The second-order valence-corrected chi connectivity index (χ2v) is 6.59. The Morgan fingerprint density at radius 2 is 2.00 bits per heavy atom. The number of anilines is 1. The van der Waals surface area contributed by atoms with Crippen LogP contribution in [0.4, 0.5) is 5.95 Å².